The minimum absolute atomic E-state index is 0.0600. The topological polar surface area (TPSA) is 62.7 Å². The van der Waals surface area contributed by atoms with Crippen LogP contribution in [0.2, 0.25) is 0 Å². The molecule has 0 saturated carbocycles. The van der Waals surface area contributed by atoms with Crippen molar-refractivity contribution in [3.8, 4) is 0 Å². The van der Waals surface area contributed by atoms with Crippen molar-refractivity contribution >= 4 is 11.6 Å². The van der Waals surface area contributed by atoms with Crippen LogP contribution in [0.15, 0.2) is 18.3 Å². The van der Waals surface area contributed by atoms with Gasteiger partial charge in [-0.2, -0.15) is 0 Å². The third-order valence-corrected chi connectivity index (χ3v) is 3.36. The summed E-state index contributed by atoms with van der Waals surface area (Å²) < 4.78 is 5.53. The van der Waals surface area contributed by atoms with E-state index in [2.05, 4.69) is 9.88 Å². The predicted molar refractivity (Wildman–Crippen MR) is 72.5 cm³/mol. The fourth-order valence-corrected chi connectivity index (χ4v) is 2.28. The Balaban J connectivity index is 1.94. The standard InChI is InChI=1S/C14H20N2O3/c1-11(18)12-2-5-15-14(10-12)16-6-3-13(4-7-16)19-9-8-17/h2,5,10,13,17H,3-4,6-9H2,1H3. The van der Waals surface area contributed by atoms with Crippen molar-refractivity contribution in [2.45, 2.75) is 25.9 Å². The fourth-order valence-electron chi connectivity index (χ4n) is 2.28. The van der Waals surface area contributed by atoms with Gasteiger partial charge in [-0.25, -0.2) is 4.98 Å². The first kappa shape index (κ1) is 14.0. The SMILES string of the molecule is CC(=O)c1ccnc(N2CCC(OCCO)CC2)c1. The number of rotatable bonds is 5. The lowest BCUT2D eigenvalue weighted by molar-refractivity contribution is 0.0158. The van der Waals surface area contributed by atoms with Gasteiger partial charge >= 0.3 is 0 Å². The number of aromatic nitrogens is 1. The molecule has 0 unspecified atom stereocenters. The Morgan fingerprint density at radius 1 is 1.53 bits per heavy atom. The lowest BCUT2D eigenvalue weighted by atomic mass is 10.1. The van der Waals surface area contributed by atoms with E-state index in [4.69, 9.17) is 9.84 Å². The Kier molecular flexibility index (Phi) is 4.87. The largest absolute Gasteiger partial charge is 0.394 e. The second kappa shape index (κ2) is 6.63. The van der Waals surface area contributed by atoms with Gasteiger partial charge in [0.1, 0.15) is 5.82 Å². The zero-order valence-electron chi connectivity index (χ0n) is 11.2. The summed E-state index contributed by atoms with van der Waals surface area (Å²) in [5.74, 6) is 0.915. The van der Waals surface area contributed by atoms with Gasteiger partial charge in [0.05, 0.1) is 19.3 Å². The van der Waals surface area contributed by atoms with Crippen LogP contribution >= 0.6 is 0 Å². The molecule has 1 fully saturated rings. The Hall–Kier alpha value is -1.46. The average molecular weight is 264 g/mol. The molecule has 0 aliphatic carbocycles. The molecule has 0 bridgehead atoms. The summed E-state index contributed by atoms with van der Waals surface area (Å²) in [6, 6.07) is 3.58. The van der Waals surface area contributed by atoms with Crippen LogP contribution in [0.4, 0.5) is 5.82 Å². The number of Topliss-reactive ketones (excluding diaryl/α,β-unsaturated/α-hetero) is 1. The molecule has 2 rings (SSSR count). The van der Waals surface area contributed by atoms with Gasteiger partial charge in [-0.05, 0) is 31.9 Å². The molecule has 1 saturated heterocycles. The second-order valence-electron chi connectivity index (χ2n) is 4.74. The number of ether oxygens (including phenoxy) is 1. The van der Waals surface area contributed by atoms with Crippen molar-refractivity contribution < 1.29 is 14.6 Å². The molecule has 5 nitrogen and oxygen atoms in total. The van der Waals surface area contributed by atoms with Crippen LogP contribution in [0.5, 0.6) is 0 Å². The number of piperidine rings is 1. The number of ketones is 1. The molecule has 0 aromatic carbocycles. The normalized spacial score (nSPS) is 16.6. The summed E-state index contributed by atoms with van der Waals surface area (Å²) in [6.45, 7) is 3.77. The highest BCUT2D eigenvalue weighted by atomic mass is 16.5. The minimum atomic E-state index is 0.0600. The van der Waals surface area contributed by atoms with Crippen LogP contribution < -0.4 is 4.90 Å². The molecule has 1 aliphatic rings. The van der Waals surface area contributed by atoms with Crippen LogP contribution in [0.25, 0.3) is 0 Å². The molecule has 1 aromatic rings. The minimum Gasteiger partial charge on any atom is -0.394 e. The van der Waals surface area contributed by atoms with Gasteiger partial charge in [0.25, 0.3) is 0 Å². The molecular formula is C14H20N2O3. The summed E-state index contributed by atoms with van der Waals surface area (Å²) in [5, 5.41) is 8.73. The zero-order chi connectivity index (χ0) is 13.7. The van der Waals surface area contributed by atoms with Gasteiger partial charge < -0.3 is 14.7 Å². The van der Waals surface area contributed by atoms with E-state index in [-0.39, 0.29) is 18.5 Å². The van der Waals surface area contributed by atoms with Crippen molar-refractivity contribution in [3.63, 3.8) is 0 Å². The molecule has 0 amide bonds. The number of nitrogens with zero attached hydrogens (tertiary/aromatic N) is 2. The van der Waals surface area contributed by atoms with Crippen molar-refractivity contribution in [3.05, 3.63) is 23.9 Å². The Morgan fingerprint density at radius 3 is 2.89 bits per heavy atom. The van der Waals surface area contributed by atoms with Crippen LogP contribution in [-0.2, 0) is 4.74 Å². The van der Waals surface area contributed by atoms with Crippen LogP contribution in [0, 0.1) is 0 Å². The first-order valence-electron chi connectivity index (χ1n) is 6.65. The number of pyridine rings is 1. The number of hydrogen-bond acceptors (Lipinski definition) is 5. The smallest absolute Gasteiger partial charge is 0.159 e. The van der Waals surface area contributed by atoms with Gasteiger partial charge in [-0.15, -0.1) is 0 Å². The summed E-state index contributed by atoms with van der Waals surface area (Å²) in [4.78, 5) is 17.9. The molecule has 19 heavy (non-hydrogen) atoms. The molecule has 0 spiro atoms. The van der Waals surface area contributed by atoms with Crippen LogP contribution in [0.3, 0.4) is 0 Å². The van der Waals surface area contributed by atoms with Crippen LogP contribution in [-0.4, -0.2) is 48.3 Å². The first-order valence-corrected chi connectivity index (χ1v) is 6.65. The lowest BCUT2D eigenvalue weighted by Crippen LogP contribution is -2.37. The Labute approximate surface area is 113 Å². The maximum absolute atomic E-state index is 11.4. The summed E-state index contributed by atoms with van der Waals surface area (Å²) in [6.07, 6.45) is 3.75. The van der Waals surface area contributed by atoms with Gasteiger partial charge in [-0.1, -0.05) is 0 Å². The van der Waals surface area contributed by atoms with Crippen LogP contribution in [0.1, 0.15) is 30.1 Å². The number of aliphatic hydroxyl groups is 1. The van der Waals surface area contributed by atoms with E-state index in [0.717, 1.165) is 31.7 Å². The fraction of sp³-hybridized carbons (Fsp3) is 0.571. The van der Waals surface area contributed by atoms with E-state index in [9.17, 15) is 4.79 Å². The van der Waals surface area contributed by atoms with Gasteiger partial charge in [-0.3, -0.25) is 4.79 Å². The number of carbonyl (C=O) groups excluding carboxylic acids is 1. The van der Waals surface area contributed by atoms with Gasteiger partial charge in [0, 0.05) is 24.8 Å². The molecular weight excluding hydrogens is 244 g/mol. The quantitative estimate of drug-likeness (QED) is 0.811. The third kappa shape index (κ3) is 3.75. The number of anilines is 1. The van der Waals surface area contributed by atoms with Crippen molar-refractivity contribution in [2.24, 2.45) is 0 Å². The van der Waals surface area contributed by atoms with Gasteiger partial charge in [0.2, 0.25) is 0 Å². The van der Waals surface area contributed by atoms with Crippen molar-refractivity contribution in [2.75, 3.05) is 31.2 Å². The highest BCUT2D eigenvalue weighted by Gasteiger charge is 2.20. The second-order valence-corrected chi connectivity index (χ2v) is 4.74. The molecule has 0 radical (unpaired) electrons. The maximum atomic E-state index is 11.4. The van der Waals surface area contributed by atoms with E-state index in [1.807, 2.05) is 6.07 Å². The molecule has 0 atom stereocenters. The highest BCUT2D eigenvalue weighted by molar-refractivity contribution is 5.94. The molecule has 104 valence electrons. The summed E-state index contributed by atoms with van der Waals surface area (Å²) in [7, 11) is 0. The third-order valence-electron chi connectivity index (χ3n) is 3.36. The monoisotopic (exact) mass is 264 g/mol. The van der Waals surface area contributed by atoms with Crippen molar-refractivity contribution in [1.29, 1.82) is 0 Å². The summed E-state index contributed by atoms with van der Waals surface area (Å²) in [5.41, 5.74) is 0.698. The highest BCUT2D eigenvalue weighted by Crippen LogP contribution is 2.20. The van der Waals surface area contributed by atoms with E-state index >= 15 is 0 Å². The molecule has 1 N–H and O–H groups in total. The molecule has 1 aliphatic heterocycles. The zero-order valence-corrected chi connectivity index (χ0v) is 11.2. The summed E-state index contributed by atoms with van der Waals surface area (Å²) >= 11 is 0. The Morgan fingerprint density at radius 2 is 2.26 bits per heavy atom. The first-order chi connectivity index (χ1) is 9.20. The number of carbonyl (C=O) groups is 1. The van der Waals surface area contributed by atoms with Gasteiger partial charge in [0.15, 0.2) is 5.78 Å². The Bertz CT molecular complexity index is 428. The van der Waals surface area contributed by atoms with E-state index in [1.165, 1.54) is 0 Å². The van der Waals surface area contributed by atoms with E-state index in [1.54, 1.807) is 19.2 Å². The maximum Gasteiger partial charge on any atom is 0.159 e. The predicted octanol–water partition coefficient (Wildman–Crippen LogP) is 1.26. The molecule has 5 heteroatoms. The van der Waals surface area contributed by atoms with E-state index < -0.39 is 0 Å². The number of hydrogen-bond donors (Lipinski definition) is 1. The van der Waals surface area contributed by atoms with Crippen molar-refractivity contribution in [1.82, 2.24) is 4.98 Å². The van der Waals surface area contributed by atoms with E-state index in [0.29, 0.717) is 12.2 Å². The number of aliphatic hydroxyl groups excluding tert-OH is 1. The lowest BCUT2D eigenvalue weighted by Gasteiger charge is -2.32. The average Bonchev–Trinajstić information content (AvgIpc) is 2.46. The molecule has 2 heterocycles. The molecule has 1 aromatic heterocycles.